The lowest BCUT2D eigenvalue weighted by Crippen LogP contribution is -2.24. The van der Waals surface area contributed by atoms with Crippen molar-refractivity contribution >= 4 is 0 Å². The van der Waals surface area contributed by atoms with Crippen LogP contribution < -0.4 is 5.48 Å². The summed E-state index contributed by atoms with van der Waals surface area (Å²) in [5.41, 5.74) is 3.56. The molecule has 0 spiro atoms. The van der Waals surface area contributed by atoms with Gasteiger partial charge in [-0.15, -0.1) is 0 Å². The van der Waals surface area contributed by atoms with Crippen molar-refractivity contribution in [2.45, 2.75) is 44.8 Å². The maximum absolute atomic E-state index is 12.8. The SMILES string of the molecule is CC(NOC1CCCC1)c1ccc(F)cc1O. The Morgan fingerprint density at radius 3 is 2.76 bits per heavy atom. The fraction of sp³-hybridized carbons (Fsp3) is 0.538. The number of hydrogen-bond acceptors (Lipinski definition) is 3. The molecule has 3 nitrogen and oxygen atoms in total. The summed E-state index contributed by atoms with van der Waals surface area (Å²) in [4.78, 5) is 5.55. The number of phenolic OH excluding ortho intramolecular Hbond substituents is 1. The summed E-state index contributed by atoms with van der Waals surface area (Å²) >= 11 is 0. The summed E-state index contributed by atoms with van der Waals surface area (Å²) in [6, 6.07) is 3.86. The molecule has 1 atom stereocenters. The summed E-state index contributed by atoms with van der Waals surface area (Å²) in [7, 11) is 0. The summed E-state index contributed by atoms with van der Waals surface area (Å²) in [6.45, 7) is 1.88. The quantitative estimate of drug-likeness (QED) is 0.793. The van der Waals surface area contributed by atoms with Crippen molar-refractivity contribution in [1.82, 2.24) is 5.48 Å². The van der Waals surface area contributed by atoms with Gasteiger partial charge < -0.3 is 5.11 Å². The van der Waals surface area contributed by atoms with Crippen molar-refractivity contribution in [3.05, 3.63) is 29.6 Å². The van der Waals surface area contributed by atoms with Crippen LogP contribution in [0.25, 0.3) is 0 Å². The third kappa shape index (κ3) is 3.17. The van der Waals surface area contributed by atoms with Crippen LogP contribution in [0.2, 0.25) is 0 Å². The number of rotatable bonds is 4. The Kier molecular flexibility index (Phi) is 3.97. The minimum absolute atomic E-state index is 0.0416. The van der Waals surface area contributed by atoms with Crippen molar-refractivity contribution in [3.63, 3.8) is 0 Å². The highest BCUT2D eigenvalue weighted by atomic mass is 19.1. The average molecular weight is 239 g/mol. The maximum Gasteiger partial charge on any atom is 0.126 e. The number of phenols is 1. The summed E-state index contributed by atoms with van der Waals surface area (Å²) in [6.07, 6.45) is 4.84. The third-order valence-corrected chi connectivity index (χ3v) is 3.17. The van der Waals surface area contributed by atoms with Crippen molar-refractivity contribution in [2.24, 2.45) is 0 Å². The molecule has 1 aromatic rings. The highest BCUT2D eigenvalue weighted by Gasteiger charge is 2.18. The fourth-order valence-corrected chi connectivity index (χ4v) is 2.15. The van der Waals surface area contributed by atoms with E-state index >= 15 is 0 Å². The number of halogens is 1. The standard InChI is InChI=1S/C13H18FNO2/c1-9(15-17-11-4-2-3-5-11)12-7-6-10(14)8-13(12)16/h6-9,11,15-16H,2-5H2,1H3. The largest absolute Gasteiger partial charge is 0.508 e. The van der Waals surface area contributed by atoms with Gasteiger partial charge in [0.2, 0.25) is 0 Å². The van der Waals surface area contributed by atoms with E-state index in [9.17, 15) is 9.50 Å². The normalized spacial score (nSPS) is 18.5. The Balaban J connectivity index is 1.91. The van der Waals surface area contributed by atoms with Gasteiger partial charge in [-0.05, 0) is 25.8 Å². The molecule has 17 heavy (non-hydrogen) atoms. The minimum Gasteiger partial charge on any atom is -0.508 e. The highest BCUT2D eigenvalue weighted by Crippen LogP contribution is 2.26. The second-order valence-corrected chi connectivity index (χ2v) is 4.57. The van der Waals surface area contributed by atoms with Gasteiger partial charge in [0, 0.05) is 11.6 Å². The smallest absolute Gasteiger partial charge is 0.126 e. The van der Waals surface area contributed by atoms with Gasteiger partial charge in [-0.25, -0.2) is 4.39 Å². The van der Waals surface area contributed by atoms with Crippen molar-refractivity contribution in [1.29, 1.82) is 0 Å². The molecule has 4 heteroatoms. The zero-order valence-electron chi connectivity index (χ0n) is 9.95. The van der Waals surface area contributed by atoms with Gasteiger partial charge in [0.05, 0.1) is 12.1 Å². The van der Waals surface area contributed by atoms with E-state index in [4.69, 9.17) is 4.84 Å². The number of hydroxylamine groups is 1. The van der Waals surface area contributed by atoms with Crippen molar-refractivity contribution in [2.75, 3.05) is 0 Å². The van der Waals surface area contributed by atoms with Crippen LogP contribution in [0.15, 0.2) is 18.2 Å². The molecule has 1 aliphatic rings. The van der Waals surface area contributed by atoms with E-state index in [0.717, 1.165) is 18.9 Å². The molecule has 0 saturated heterocycles. The first-order valence-electron chi connectivity index (χ1n) is 6.06. The molecule has 0 aliphatic heterocycles. The summed E-state index contributed by atoms with van der Waals surface area (Å²) in [5, 5.41) is 9.62. The van der Waals surface area contributed by atoms with Gasteiger partial charge in [-0.1, -0.05) is 18.9 Å². The molecule has 0 amide bonds. The van der Waals surface area contributed by atoms with Crippen LogP contribution in [0.1, 0.15) is 44.2 Å². The monoisotopic (exact) mass is 239 g/mol. The molecule has 0 aromatic heterocycles. The number of benzene rings is 1. The molecule has 2 rings (SSSR count). The Hall–Kier alpha value is -1.13. The lowest BCUT2D eigenvalue weighted by atomic mass is 10.1. The van der Waals surface area contributed by atoms with Crippen LogP contribution in [-0.4, -0.2) is 11.2 Å². The van der Waals surface area contributed by atoms with Crippen LogP contribution >= 0.6 is 0 Å². The van der Waals surface area contributed by atoms with E-state index in [-0.39, 0.29) is 17.9 Å². The third-order valence-electron chi connectivity index (χ3n) is 3.17. The highest BCUT2D eigenvalue weighted by molar-refractivity contribution is 5.34. The summed E-state index contributed by atoms with van der Waals surface area (Å²) in [5.74, 6) is -0.477. The Labute approximate surface area is 101 Å². The van der Waals surface area contributed by atoms with Crippen LogP contribution in [0.4, 0.5) is 4.39 Å². The van der Waals surface area contributed by atoms with Gasteiger partial charge in [0.15, 0.2) is 0 Å². The van der Waals surface area contributed by atoms with E-state index in [2.05, 4.69) is 5.48 Å². The topological polar surface area (TPSA) is 41.5 Å². The van der Waals surface area contributed by atoms with Crippen LogP contribution in [0, 0.1) is 5.82 Å². The summed E-state index contributed by atoms with van der Waals surface area (Å²) < 4.78 is 12.8. The van der Waals surface area contributed by atoms with Crippen LogP contribution in [0.5, 0.6) is 5.75 Å². The van der Waals surface area contributed by atoms with E-state index in [1.54, 1.807) is 6.07 Å². The second-order valence-electron chi connectivity index (χ2n) is 4.57. The lowest BCUT2D eigenvalue weighted by molar-refractivity contribution is -0.0380. The van der Waals surface area contributed by atoms with Crippen molar-refractivity contribution < 1.29 is 14.3 Å². The molecular weight excluding hydrogens is 221 g/mol. The molecular formula is C13H18FNO2. The molecule has 0 heterocycles. The zero-order valence-corrected chi connectivity index (χ0v) is 9.95. The molecule has 0 bridgehead atoms. The molecule has 2 N–H and O–H groups in total. The first-order valence-corrected chi connectivity index (χ1v) is 6.06. The van der Waals surface area contributed by atoms with Crippen molar-refractivity contribution in [3.8, 4) is 5.75 Å². The van der Waals surface area contributed by atoms with E-state index in [1.165, 1.54) is 18.9 Å². The molecule has 1 unspecified atom stereocenters. The first kappa shape index (κ1) is 12.3. The van der Waals surface area contributed by atoms with E-state index < -0.39 is 5.82 Å². The predicted molar refractivity (Wildman–Crippen MR) is 63.0 cm³/mol. The van der Waals surface area contributed by atoms with E-state index in [0.29, 0.717) is 5.56 Å². The molecule has 1 saturated carbocycles. The minimum atomic E-state index is -0.435. The molecule has 94 valence electrons. The van der Waals surface area contributed by atoms with Gasteiger partial charge in [0.1, 0.15) is 11.6 Å². The molecule has 1 fully saturated rings. The Bertz CT molecular complexity index is 378. The second kappa shape index (κ2) is 5.47. The lowest BCUT2D eigenvalue weighted by Gasteiger charge is -2.18. The number of aromatic hydroxyl groups is 1. The number of nitrogens with one attached hydrogen (secondary N) is 1. The Morgan fingerprint density at radius 2 is 2.12 bits per heavy atom. The fourth-order valence-electron chi connectivity index (χ4n) is 2.15. The molecule has 1 aliphatic carbocycles. The van der Waals surface area contributed by atoms with Gasteiger partial charge in [0.25, 0.3) is 0 Å². The average Bonchev–Trinajstić information content (AvgIpc) is 2.78. The van der Waals surface area contributed by atoms with Gasteiger partial charge >= 0.3 is 0 Å². The van der Waals surface area contributed by atoms with Crippen LogP contribution in [-0.2, 0) is 4.84 Å². The maximum atomic E-state index is 12.8. The van der Waals surface area contributed by atoms with E-state index in [1.807, 2.05) is 6.92 Å². The van der Waals surface area contributed by atoms with Crippen LogP contribution in [0.3, 0.4) is 0 Å². The first-order chi connectivity index (χ1) is 8.16. The zero-order chi connectivity index (χ0) is 12.3. The number of hydrogen-bond donors (Lipinski definition) is 2. The molecule has 1 aromatic carbocycles. The van der Waals surface area contributed by atoms with Gasteiger partial charge in [-0.2, -0.15) is 5.48 Å². The predicted octanol–water partition coefficient (Wildman–Crippen LogP) is 3.06. The Morgan fingerprint density at radius 1 is 1.41 bits per heavy atom. The van der Waals surface area contributed by atoms with Gasteiger partial charge in [-0.3, -0.25) is 4.84 Å². The molecule has 0 radical (unpaired) electrons.